The topological polar surface area (TPSA) is 50.6 Å². The lowest BCUT2D eigenvalue weighted by Gasteiger charge is -2.09. The number of nitrogens with one attached hydrogen (secondary N) is 1. The first kappa shape index (κ1) is 17.1. The Kier molecular flexibility index (Phi) is 4.52. The number of rotatable bonds is 4. The number of para-hydroxylation sites is 1. The van der Waals surface area contributed by atoms with Crippen LogP contribution in [0.2, 0.25) is 0 Å². The number of aromatic nitrogens is 1. The van der Waals surface area contributed by atoms with Crippen molar-refractivity contribution in [2.45, 2.75) is 4.90 Å². The second-order valence-electron chi connectivity index (χ2n) is 6.07. The Morgan fingerprint density at radius 1 is 0.852 bits per heavy atom. The maximum atomic E-state index is 13.1. The number of nitrogens with zero attached hydrogens (tertiary/aromatic N) is 1. The van der Waals surface area contributed by atoms with Gasteiger partial charge in [-0.2, -0.15) is 0 Å². The maximum absolute atomic E-state index is 13.1. The molecule has 4 aromatic rings. The molecule has 0 aliphatic carbocycles. The van der Waals surface area contributed by atoms with Gasteiger partial charge in [0.05, 0.1) is 5.69 Å². The number of hydrogen-bond donors (Lipinski definition) is 2. The van der Waals surface area contributed by atoms with Gasteiger partial charge in [-0.3, -0.25) is 9.59 Å². The molecule has 0 aliphatic heterocycles. The zero-order valence-corrected chi connectivity index (χ0v) is 15.2. The van der Waals surface area contributed by atoms with Crippen LogP contribution in [0, 0.1) is 0 Å². The van der Waals surface area contributed by atoms with Crippen LogP contribution in [-0.4, -0.2) is 16.1 Å². The second kappa shape index (κ2) is 7.13. The van der Waals surface area contributed by atoms with E-state index in [1.165, 1.54) is 0 Å². The van der Waals surface area contributed by atoms with Crippen LogP contribution in [-0.2, 0) is 4.79 Å². The first-order valence-electron chi connectivity index (χ1n) is 8.44. The van der Waals surface area contributed by atoms with Crippen molar-refractivity contribution >= 4 is 35.5 Å². The summed E-state index contributed by atoms with van der Waals surface area (Å²) in [6.07, 6.45) is 1.79. The third-order valence-corrected chi connectivity index (χ3v) is 4.73. The number of thiol groups is 1. The summed E-state index contributed by atoms with van der Waals surface area (Å²) in [6.45, 7) is 0. The molecule has 2 aromatic carbocycles. The van der Waals surface area contributed by atoms with Gasteiger partial charge in [-0.05, 0) is 35.9 Å². The molecule has 0 aliphatic rings. The summed E-state index contributed by atoms with van der Waals surface area (Å²) in [5.74, 6) is -1.30. The minimum Gasteiger partial charge on any atom is -0.318 e. The summed E-state index contributed by atoms with van der Waals surface area (Å²) in [4.78, 5) is 26.4. The van der Waals surface area contributed by atoms with Gasteiger partial charge in [0.25, 0.3) is 11.7 Å². The predicted octanol–water partition coefficient (Wildman–Crippen LogP) is 4.72. The molecule has 4 rings (SSSR count). The Bertz CT molecular complexity index is 1150. The van der Waals surface area contributed by atoms with Crippen molar-refractivity contribution in [2.75, 3.05) is 5.32 Å². The molecule has 132 valence electrons. The van der Waals surface area contributed by atoms with Crippen LogP contribution in [0.1, 0.15) is 10.5 Å². The van der Waals surface area contributed by atoms with Gasteiger partial charge in [0.1, 0.15) is 5.69 Å². The fraction of sp³-hybridized carbons (Fsp3) is 0. The maximum Gasteiger partial charge on any atom is 0.298 e. The Labute approximate surface area is 161 Å². The number of pyridine rings is 1. The Morgan fingerprint density at radius 2 is 1.56 bits per heavy atom. The summed E-state index contributed by atoms with van der Waals surface area (Å²) < 4.78 is 1.75. The first-order chi connectivity index (χ1) is 13.1. The Balaban J connectivity index is 1.79. The molecule has 5 heteroatoms. The number of anilines is 1. The monoisotopic (exact) mass is 372 g/mol. The van der Waals surface area contributed by atoms with Crippen molar-refractivity contribution < 1.29 is 9.59 Å². The molecule has 0 unspecified atom stereocenters. The van der Waals surface area contributed by atoms with Gasteiger partial charge in [0.15, 0.2) is 0 Å². The summed E-state index contributed by atoms with van der Waals surface area (Å²) in [7, 11) is 0. The van der Waals surface area contributed by atoms with Crippen molar-refractivity contribution in [3.05, 3.63) is 90.8 Å². The number of hydrogen-bond acceptors (Lipinski definition) is 3. The van der Waals surface area contributed by atoms with E-state index in [4.69, 9.17) is 0 Å². The highest BCUT2D eigenvalue weighted by Gasteiger charge is 2.25. The number of benzene rings is 2. The normalized spacial score (nSPS) is 10.7. The van der Waals surface area contributed by atoms with Gasteiger partial charge in [-0.25, -0.2) is 0 Å². The van der Waals surface area contributed by atoms with Gasteiger partial charge in [0, 0.05) is 22.2 Å². The molecule has 0 atom stereocenters. The van der Waals surface area contributed by atoms with Gasteiger partial charge in [0.2, 0.25) is 0 Å². The molecule has 27 heavy (non-hydrogen) atoms. The predicted molar refractivity (Wildman–Crippen MR) is 109 cm³/mol. The Morgan fingerprint density at radius 3 is 2.33 bits per heavy atom. The smallest absolute Gasteiger partial charge is 0.298 e. The number of ketones is 1. The van der Waals surface area contributed by atoms with E-state index in [1.54, 1.807) is 28.8 Å². The number of carbonyl (C=O) groups excluding carboxylic acids is 2. The zero-order chi connectivity index (χ0) is 18.8. The highest BCUT2D eigenvalue weighted by Crippen LogP contribution is 2.28. The first-order valence-corrected chi connectivity index (χ1v) is 8.89. The fourth-order valence-electron chi connectivity index (χ4n) is 3.06. The van der Waals surface area contributed by atoms with Crippen LogP contribution in [0.15, 0.2) is 90.0 Å². The van der Waals surface area contributed by atoms with Crippen molar-refractivity contribution in [2.24, 2.45) is 0 Å². The number of amides is 1. The molecule has 0 saturated carbocycles. The van der Waals surface area contributed by atoms with E-state index in [-0.39, 0.29) is 0 Å². The number of carbonyl (C=O) groups is 2. The van der Waals surface area contributed by atoms with Crippen LogP contribution in [0.3, 0.4) is 0 Å². The van der Waals surface area contributed by atoms with Gasteiger partial charge in [-0.15, -0.1) is 12.6 Å². The molecule has 1 N–H and O–H groups in total. The molecule has 0 bridgehead atoms. The van der Waals surface area contributed by atoms with Crippen LogP contribution in [0.4, 0.5) is 5.69 Å². The third-order valence-electron chi connectivity index (χ3n) is 4.34. The molecule has 0 fully saturated rings. The van der Waals surface area contributed by atoms with E-state index >= 15 is 0 Å². The fourth-order valence-corrected chi connectivity index (χ4v) is 3.28. The summed E-state index contributed by atoms with van der Waals surface area (Å²) in [5.41, 5.74) is 3.29. The molecule has 1 amide bonds. The second-order valence-corrected chi connectivity index (χ2v) is 6.55. The van der Waals surface area contributed by atoms with Crippen molar-refractivity contribution in [3.63, 3.8) is 0 Å². The molecule has 4 nitrogen and oxygen atoms in total. The molecular formula is C22H16N2O2S. The lowest BCUT2D eigenvalue weighted by Crippen LogP contribution is -2.24. The van der Waals surface area contributed by atoms with Crippen molar-refractivity contribution in [3.8, 4) is 11.1 Å². The summed E-state index contributed by atoms with van der Waals surface area (Å²) in [6, 6.07) is 24.2. The number of fused-ring (bicyclic) bond motifs is 1. The quantitative estimate of drug-likeness (QED) is 0.309. The van der Waals surface area contributed by atoms with Gasteiger partial charge < -0.3 is 9.72 Å². The van der Waals surface area contributed by atoms with Crippen LogP contribution in [0.25, 0.3) is 16.6 Å². The molecule has 0 saturated heterocycles. The average molecular weight is 372 g/mol. The zero-order valence-electron chi connectivity index (χ0n) is 14.3. The van der Waals surface area contributed by atoms with Gasteiger partial charge in [-0.1, -0.05) is 48.5 Å². The van der Waals surface area contributed by atoms with Crippen molar-refractivity contribution in [1.29, 1.82) is 0 Å². The van der Waals surface area contributed by atoms with E-state index in [1.807, 2.05) is 60.7 Å². The van der Waals surface area contributed by atoms with E-state index in [0.717, 1.165) is 16.6 Å². The van der Waals surface area contributed by atoms with E-state index in [9.17, 15) is 9.59 Å². The van der Waals surface area contributed by atoms with E-state index in [2.05, 4.69) is 17.9 Å². The Hall–Kier alpha value is -3.31. The lowest BCUT2D eigenvalue weighted by atomic mass is 10.0. The highest BCUT2D eigenvalue weighted by molar-refractivity contribution is 7.80. The molecule has 0 spiro atoms. The SMILES string of the molecule is O=C(Nc1ccccc1S)C(=O)c1c(-c2ccccc2)cc2ccccn12. The average Bonchev–Trinajstić information content (AvgIpc) is 3.09. The van der Waals surface area contributed by atoms with Gasteiger partial charge >= 0.3 is 0 Å². The largest absolute Gasteiger partial charge is 0.318 e. The van der Waals surface area contributed by atoms with Crippen LogP contribution >= 0.6 is 12.6 Å². The molecular weight excluding hydrogens is 356 g/mol. The molecule has 2 aromatic heterocycles. The molecule has 2 heterocycles. The summed E-state index contributed by atoms with van der Waals surface area (Å²) >= 11 is 4.32. The minimum atomic E-state index is -0.697. The summed E-state index contributed by atoms with van der Waals surface area (Å²) in [5, 5.41) is 2.66. The standard InChI is InChI=1S/C22H16N2O2S/c25-21(22(26)23-18-11-4-5-12-19(18)27)20-17(15-8-2-1-3-9-15)14-16-10-6-7-13-24(16)20/h1-14,27H,(H,23,26). The van der Waals surface area contributed by atoms with E-state index in [0.29, 0.717) is 16.3 Å². The minimum absolute atomic E-state index is 0.339. The number of Topliss-reactive ketones (excluding diaryl/α,β-unsaturated/α-hetero) is 1. The van der Waals surface area contributed by atoms with Crippen molar-refractivity contribution in [1.82, 2.24) is 4.40 Å². The third kappa shape index (κ3) is 3.25. The van der Waals surface area contributed by atoms with Crippen LogP contribution in [0.5, 0.6) is 0 Å². The van der Waals surface area contributed by atoms with Crippen LogP contribution < -0.4 is 5.32 Å². The van der Waals surface area contributed by atoms with E-state index < -0.39 is 11.7 Å². The highest BCUT2D eigenvalue weighted by atomic mass is 32.1. The lowest BCUT2D eigenvalue weighted by molar-refractivity contribution is -0.112. The molecule has 0 radical (unpaired) electrons.